The summed E-state index contributed by atoms with van der Waals surface area (Å²) in [6.07, 6.45) is 58.2. The van der Waals surface area contributed by atoms with Crippen LogP contribution < -0.4 is 5.32 Å². The van der Waals surface area contributed by atoms with Crippen molar-refractivity contribution in [3.63, 3.8) is 0 Å². The SMILES string of the molecule is CCCCCCCCCCCCCCCCCCCCCCC/C=C/CC/C=C/C(O)C(COC1OC(CO)C(OC2OC(CO)C(O)C(O)C2O)C(O)C1O)NC(=O)CCCCCCCCCCCCCCCCCCCCCCCCCCCCC. The first-order valence-corrected chi connectivity index (χ1v) is 37.6. The highest BCUT2D eigenvalue weighted by Gasteiger charge is 2.51. The van der Waals surface area contributed by atoms with E-state index in [4.69, 9.17) is 18.9 Å². The first-order valence-electron chi connectivity index (χ1n) is 37.6. The van der Waals surface area contributed by atoms with Crippen molar-refractivity contribution in [1.82, 2.24) is 5.32 Å². The Morgan fingerprint density at radius 2 is 0.727 bits per heavy atom. The van der Waals surface area contributed by atoms with Crippen molar-refractivity contribution in [1.29, 1.82) is 0 Å². The predicted octanol–water partition coefficient (Wildman–Crippen LogP) is 15.9. The van der Waals surface area contributed by atoms with Crippen LogP contribution in [0, 0.1) is 0 Å². The van der Waals surface area contributed by atoms with E-state index in [1.807, 2.05) is 6.08 Å². The molecule has 12 atom stereocenters. The Balaban J connectivity index is 1.66. The van der Waals surface area contributed by atoms with Crippen LogP contribution in [0.15, 0.2) is 24.3 Å². The summed E-state index contributed by atoms with van der Waals surface area (Å²) in [5, 5.41) is 87.5. The summed E-state index contributed by atoms with van der Waals surface area (Å²) in [6, 6.07) is -0.930. The van der Waals surface area contributed by atoms with Crippen molar-refractivity contribution in [2.45, 2.75) is 421 Å². The number of allylic oxidation sites excluding steroid dienone is 3. The Morgan fingerprint density at radius 3 is 1.11 bits per heavy atom. The third-order valence-electron chi connectivity index (χ3n) is 18.6. The van der Waals surface area contributed by atoms with E-state index in [1.54, 1.807) is 6.08 Å². The highest BCUT2D eigenvalue weighted by Crippen LogP contribution is 2.30. The number of aliphatic hydroxyl groups excluding tert-OH is 8. The van der Waals surface area contributed by atoms with E-state index in [1.165, 1.54) is 283 Å². The van der Waals surface area contributed by atoms with Crippen molar-refractivity contribution in [3.05, 3.63) is 24.3 Å². The Kier molecular flexibility index (Phi) is 55.6. The first kappa shape index (κ1) is 82.6. The van der Waals surface area contributed by atoms with Crippen LogP contribution >= 0.6 is 0 Å². The number of hydrogen-bond acceptors (Lipinski definition) is 13. The Hall–Kier alpha value is -1.53. The molecule has 14 nitrogen and oxygen atoms in total. The number of hydrogen-bond donors (Lipinski definition) is 9. The van der Waals surface area contributed by atoms with E-state index >= 15 is 0 Å². The zero-order valence-electron chi connectivity index (χ0n) is 56.7. The number of carbonyl (C=O) groups is 1. The van der Waals surface area contributed by atoms with Crippen LogP contribution in [0.25, 0.3) is 0 Å². The van der Waals surface area contributed by atoms with Gasteiger partial charge < -0.3 is 65.1 Å². The van der Waals surface area contributed by atoms with Gasteiger partial charge in [-0.25, -0.2) is 0 Å². The fourth-order valence-electron chi connectivity index (χ4n) is 12.7. The lowest BCUT2D eigenvalue weighted by atomic mass is 9.97. The van der Waals surface area contributed by atoms with Gasteiger partial charge in [-0.2, -0.15) is 0 Å². The topological polar surface area (TPSA) is 228 Å². The van der Waals surface area contributed by atoms with E-state index in [0.29, 0.717) is 12.8 Å². The quantitative estimate of drug-likeness (QED) is 0.0204. The second-order valence-electron chi connectivity index (χ2n) is 26.8. The zero-order valence-corrected chi connectivity index (χ0v) is 56.7. The maximum Gasteiger partial charge on any atom is 0.220 e. The zero-order chi connectivity index (χ0) is 63.8. The van der Waals surface area contributed by atoms with Crippen LogP contribution in [-0.4, -0.2) is 140 Å². The van der Waals surface area contributed by atoms with Crippen molar-refractivity contribution < 1.29 is 64.6 Å². The number of aliphatic hydroxyl groups is 8. The van der Waals surface area contributed by atoms with Crippen LogP contribution in [0.5, 0.6) is 0 Å². The van der Waals surface area contributed by atoms with Crippen LogP contribution in [0.2, 0.25) is 0 Å². The average Bonchev–Trinajstić information content (AvgIpc) is 1.36. The standard InChI is InChI=1S/C74H141NO13/c1-3-5-7-9-11-13-15-17-19-21-23-25-27-29-31-33-35-37-39-41-43-45-47-49-51-53-55-57-63(78)62(61-85-73-71(84)69(82)72(65(60-77)87-73)88-74-70(83)68(81)67(80)64(59-76)86-74)75-66(79)58-56-54-52-50-48-46-44-42-40-38-36-34-32-30-28-26-24-22-20-18-16-14-12-10-8-6-4-2/h47,49,55,57,62-65,67-74,76-78,80-84H,3-46,48,50-54,56,58-61H2,1-2H3,(H,75,79)/b49-47+,57-55+. The van der Waals surface area contributed by atoms with Gasteiger partial charge in [0.2, 0.25) is 5.91 Å². The lowest BCUT2D eigenvalue weighted by Gasteiger charge is -2.46. The summed E-state index contributed by atoms with van der Waals surface area (Å²) in [4.78, 5) is 13.3. The third kappa shape index (κ3) is 42.6. The van der Waals surface area contributed by atoms with E-state index in [0.717, 1.165) is 32.1 Å². The number of amides is 1. The van der Waals surface area contributed by atoms with Crippen molar-refractivity contribution in [3.8, 4) is 0 Å². The lowest BCUT2D eigenvalue weighted by Crippen LogP contribution is -2.65. The Labute approximate surface area is 539 Å². The number of rotatable bonds is 63. The van der Waals surface area contributed by atoms with E-state index in [2.05, 4.69) is 31.3 Å². The molecule has 0 radical (unpaired) electrons. The molecular formula is C74H141NO13. The fourth-order valence-corrected chi connectivity index (χ4v) is 12.7. The number of ether oxygens (including phenoxy) is 4. The molecule has 2 fully saturated rings. The predicted molar refractivity (Wildman–Crippen MR) is 360 cm³/mol. The second kappa shape index (κ2) is 59.2. The van der Waals surface area contributed by atoms with E-state index < -0.39 is 86.8 Å². The minimum Gasteiger partial charge on any atom is -0.394 e. The molecule has 0 bridgehead atoms. The second-order valence-corrected chi connectivity index (χ2v) is 26.8. The molecule has 520 valence electrons. The average molecular weight is 1250 g/mol. The normalized spacial score (nSPS) is 23.2. The molecule has 14 heteroatoms. The summed E-state index contributed by atoms with van der Waals surface area (Å²) in [5.41, 5.74) is 0. The molecule has 2 aliphatic rings. The minimum atomic E-state index is -1.79. The van der Waals surface area contributed by atoms with E-state index in [-0.39, 0.29) is 18.9 Å². The fraction of sp³-hybridized carbons (Fsp3) is 0.932. The van der Waals surface area contributed by atoms with Gasteiger partial charge in [0.25, 0.3) is 0 Å². The smallest absolute Gasteiger partial charge is 0.220 e. The molecule has 2 aliphatic heterocycles. The maximum absolute atomic E-state index is 13.3. The molecule has 0 aromatic heterocycles. The first-order chi connectivity index (χ1) is 43.1. The third-order valence-corrected chi connectivity index (χ3v) is 18.6. The van der Waals surface area contributed by atoms with Gasteiger partial charge in [-0.15, -0.1) is 0 Å². The summed E-state index contributed by atoms with van der Waals surface area (Å²) >= 11 is 0. The minimum absolute atomic E-state index is 0.241. The summed E-state index contributed by atoms with van der Waals surface area (Å²) < 4.78 is 22.9. The van der Waals surface area contributed by atoms with Crippen molar-refractivity contribution in [2.24, 2.45) is 0 Å². The van der Waals surface area contributed by atoms with Gasteiger partial charge in [0.1, 0.15) is 48.8 Å². The van der Waals surface area contributed by atoms with Gasteiger partial charge in [0.15, 0.2) is 12.6 Å². The molecule has 1 amide bonds. The highest BCUT2D eigenvalue weighted by molar-refractivity contribution is 5.76. The van der Waals surface area contributed by atoms with Crippen molar-refractivity contribution in [2.75, 3.05) is 19.8 Å². The molecule has 9 N–H and O–H groups in total. The van der Waals surface area contributed by atoms with Gasteiger partial charge in [-0.1, -0.05) is 334 Å². The largest absolute Gasteiger partial charge is 0.394 e. The Bertz CT molecular complexity index is 1570. The maximum atomic E-state index is 13.3. The lowest BCUT2D eigenvalue weighted by molar-refractivity contribution is -0.359. The molecule has 2 heterocycles. The Morgan fingerprint density at radius 1 is 0.398 bits per heavy atom. The number of carbonyl (C=O) groups excluding carboxylic acids is 1. The summed E-state index contributed by atoms with van der Waals surface area (Å²) in [5.74, 6) is -0.241. The molecule has 0 spiro atoms. The molecule has 88 heavy (non-hydrogen) atoms. The molecule has 0 saturated carbocycles. The van der Waals surface area contributed by atoms with Crippen LogP contribution in [0.1, 0.15) is 348 Å². The molecule has 2 rings (SSSR count). The molecule has 0 aromatic carbocycles. The van der Waals surface area contributed by atoms with Gasteiger partial charge in [-0.3, -0.25) is 4.79 Å². The monoisotopic (exact) mass is 1250 g/mol. The van der Waals surface area contributed by atoms with Gasteiger partial charge in [-0.05, 0) is 32.1 Å². The highest BCUT2D eigenvalue weighted by atomic mass is 16.7. The number of nitrogens with one attached hydrogen (secondary N) is 1. The van der Waals surface area contributed by atoms with Crippen LogP contribution in [0.3, 0.4) is 0 Å². The molecule has 12 unspecified atom stereocenters. The molecular weight excluding hydrogens is 1110 g/mol. The molecule has 2 saturated heterocycles. The van der Waals surface area contributed by atoms with E-state index in [9.17, 15) is 45.6 Å². The molecule has 0 aliphatic carbocycles. The van der Waals surface area contributed by atoms with Crippen molar-refractivity contribution >= 4 is 5.91 Å². The summed E-state index contributed by atoms with van der Waals surface area (Å²) in [7, 11) is 0. The molecule has 0 aromatic rings. The van der Waals surface area contributed by atoms with Crippen LogP contribution in [0.4, 0.5) is 0 Å². The van der Waals surface area contributed by atoms with Gasteiger partial charge >= 0.3 is 0 Å². The van der Waals surface area contributed by atoms with Gasteiger partial charge in [0.05, 0.1) is 32.0 Å². The number of unbranched alkanes of at least 4 members (excludes halogenated alkanes) is 48. The summed E-state index contributed by atoms with van der Waals surface area (Å²) in [6.45, 7) is 2.85. The van der Waals surface area contributed by atoms with Gasteiger partial charge in [0, 0.05) is 6.42 Å². The van der Waals surface area contributed by atoms with Crippen LogP contribution in [-0.2, 0) is 23.7 Å².